The van der Waals surface area contributed by atoms with E-state index >= 15 is 0 Å². The average molecular weight is 218 g/mol. The number of hydrogen-bond acceptors (Lipinski definition) is 2. The van der Waals surface area contributed by atoms with Crippen LogP contribution in [0, 0.1) is 17.2 Å². The first-order valence-corrected chi connectivity index (χ1v) is 6.22. The summed E-state index contributed by atoms with van der Waals surface area (Å²) in [6.07, 6.45) is 9.87. The van der Waals surface area contributed by atoms with Gasteiger partial charge in [0.05, 0.1) is 0 Å². The highest BCUT2D eigenvalue weighted by Crippen LogP contribution is 2.31. The second kappa shape index (κ2) is 5.16. The van der Waals surface area contributed by atoms with Crippen LogP contribution in [0.3, 0.4) is 0 Å². The van der Waals surface area contributed by atoms with E-state index < -0.39 is 0 Å². The summed E-state index contributed by atoms with van der Waals surface area (Å²) >= 11 is 0. The number of rotatable bonds is 3. The fourth-order valence-electron chi connectivity index (χ4n) is 2.17. The van der Waals surface area contributed by atoms with Crippen molar-refractivity contribution in [3.8, 4) is 6.07 Å². The Bertz CT molecular complexity index is 330. The zero-order chi connectivity index (χ0) is 11.4. The molecule has 0 aliphatic heterocycles. The molecule has 0 aromatic rings. The molecule has 86 valence electrons. The van der Waals surface area contributed by atoms with Crippen molar-refractivity contribution in [3.05, 3.63) is 11.6 Å². The molecule has 0 spiro atoms. The average Bonchev–Trinajstić information content (AvgIpc) is 3.11. The van der Waals surface area contributed by atoms with Crippen LogP contribution < -0.4 is 5.32 Å². The van der Waals surface area contributed by atoms with Crippen molar-refractivity contribution in [2.45, 2.75) is 51.0 Å². The lowest BCUT2D eigenvalue weighted by Gasteiger charge is -2.22. The van der Waals surface area contributed by atoms with Crippen LogP contribution in [0.4, 0.5) is 0 Å². The largest absolute Gasteiger partial charge is 0.349 e. The minimum Gasteiger partial charge on any atom is -0.349 e. The number of carbonyl (C=O) groups excluding carboxylic acids is 1. The summed E-state index contributed by atoms with van der Waals surface area (Å²) in [5.74, 6) is 0.313. The summed E-state index contributed by atoms with van der Waals surface area (Å²) < 4.78 is 0. The summed E-state index contributed by atoms with van der Waals surface area (Å²) in [4.78, 5) is 11.8. The van der Waals surface area contributed by atoms with Crippen molar-refractivity contribution < 1.29 is 4.79 Å². The van der Waals surface area contributed by atoms with Crippen LogP contribution in [0.5, 0.6) is 0 Å². The summed E-state index contributed by atoms with van der Waals surface area (Å²) in [6.45, 7) is 0. The lowest BCUT2D eigenvalue weighted by atomic mass is 9.95. The standard InChI is InChI=1S/C13H18N2O/c14-9-11(8-10-6-7-10)13(16)15-12-4-2-1-3-5-12/h8,10,12H,1-7H2,(H,15,16)/b11-8+. The highest BCUT2D eigenvalue weighted by atomic mass is 16.1. The van der Waals surface area contributed by atoms with Crippen molar-refractivity contribution in [2.24, 2.45) is 5.92 Å². The van der Waals surface area contributed by atoms with E-state index in [-0.39, 0.29) is 11.9 Å². The van der Waals surface area contributed by atoms with E-state index in [1.165, 1.54) is 19.3 Å². The summed E-state index contributed by atoms with van der Waals surface area (Å²) in [5, 5.41) is 11.9. The van der Waals surface area contributed by atoms with Gasteiger partial charge in [-0.25, -0.2) is 0 Å². The van der Waals surface area contributed by atoms with Crippen LogP contribution in [0.15, 0.2) is 11.6 Å². The van der Waals surface area contributed by atoms with E-state index in [2.05, 4.69) is 5.32 Å². The van der Waals surface area contributed by atoms with Crippen LogP contribution >= 0.6 is 0 Å². The molecular formula is C13H18N2O. The molecule has 0 saturated heterocycles. The fraction of sp³-hybridized carbons (Fsp3) is 0.692. The Morgan fingerprint density at radius 2 is 1.88 bits per heavy atom. The summed E-state index contributed by atoms with van der Waals surface area (Å²) in [7, 11) is 0. The SMILES string of the molecule is N#C/C(=C\C1CC1)C(=O)NC1CCCCC1. The van der Waals surface area contributed by atoms with E-state index in [0.29, 0.717) is 11.5 Å². The molecule has 2 saturated carbocycles. The Balaban J connectivity index is 1.87. The lowest BCUT2D eigenvalue weighted by molar-refractivity contribution is -0.118. The minimum atomic E-state index is -0.165. The third-order valence-electron chi connectivity index (χ3n) is 3.33. The minimum absolute atomic E-state index is 0.165. The van der Waals surface area contributed by atoms with Gasteiger partial charge in [0, 0.05) is 6.04 Å². The maximum absolute atomic E-state index is 11.8. The Morgan fingerprint density at radius 3 is 2.44 bits per heavy atom. The third kappa shape index (κ3) is 3.10. The zero-order valence-corrected chi connectivity index (χ0v) is 9.54. The number of nitrogens with one attached hydrogen (secondary N) is 1. The predicted octanol–water partition coefficient (Wildman–Crippen LogP) is 2.30. The maximum Gasteiger partial charge on any atom is 0.261 e. The molecule has 3 nitrogen and oxygen atoms in total. The van der Waals surface area contributed by atoms with Crippen molar-refractivity contribution in [1.29, 1.82) is 5.26 Å². The quantitative estimate of drug-likeness (QED) is 0.583. The first kappa shape index (κ1) is 11.2. The van der Waals surface area contributed by atoms with Crippen molar-refractivity contribution in [3.63, 3.8) is 0 Å². The first-order chi connectivity index (χ1) is 7.79. The number of amides is 1. The van der Waals surface area contributed by atoms with Crippen LogP contribution in [0.1, 0.15) is 44.9 Å². The number of hydrogen-bond donors (Lipinski definition) is 1. The predicted molar refractivity (Wildman–Crippen MR) is 61.4 cm³/mol. The van der Waals surface area contributed by atoms with Crippen molar-refractivity contribution >= 4 is 5.91 Å². The molecule has 2 rings (SSSR count). The molecule has 0 aromatic heterocycles. The molecule has 2 aliphatic carbocycles. The molecule has 0 radical (unpaired) electrons. The number of allylic oxidation sites excluding steroid dienone is 1. The van der Waals surface area contributed by atoms with Gasteiger partial charge in [0.2, 0.25) is 0 Å². The molecule has 0 aromatic carbocycles. The van der Waals surface area contributed by atoms with Crippen LogP contribution in [0.25, 0.3) is 0 Å². The molecule has 1 N–H and O–H groups in total. The van der Waals surface area contributed by atoms with Crippen LogP contribution in [-0.4, -0.2) is 11.9 Å². The van der Waals surface area contributed by atoms with Gasteiger partial charge in [0.15, 0.2) is 0 Å². The van der Waals surface area contributed by atoms with Gasteiger partial charge in [-0.1, -0.05) is 25.3 Å². The molecule has 0 bridgehead atoms. The van der Waals surface area contributed by atoms with Gasteiger partial charge in [-0.2, -0.15) is 5.26 Å². The number of nitrogens with zero attached hydrogens (tertiary/aromatic N) is 1. The van der Waals surface area contributed by atoms with Gasteiger partial charge in [0.1, 0.15) is 11.6 Å². The summed E-state index contributed by atoms with van der Waals surface area (Å²) in [5.41, 5.74) is 0.313. The van der Waals surface area contributed by atoms with E-state index in [0.717, 1.165) is 25.7 Å². The molecule has 3 heteroatoms. The Labute approximate surface area is 96.5 Å². The zero-order valence-electron chi connectivity index (χ0n) is 9.54. The highest BCUT2D eigenvalue weighted by Gasteiger charge is 2.23. The smallest absolute Gasteiger partial charge is 0.261 e. The molecule has 1 amide bonds. The van der Waals surface area contributed by atoms with E-state index in [9.17, 15) is 4.79 Å². The monoisotopic (exact) mass is 218 g/mol. The second-order valence-electron chi connectivity index (χ2n) is 4.84. The van der Waals surface area contributed by atoms with Gasteiger partial charge in [0.25, 0.3) is 5.91 Å². The number of carbonyl (C=O) groups is 1. The molecule has 16 heavy (non-hydrogen) atoms. The number of nitriles is 1. The summed E-state index contributed by atoms with van der Waals surface area (Å²) in [6, 6.07) is 2.30. The molecule has 0 heterocycles. The third-order valence-corrected chi connectivity index (χ3v) is 3.33. The Morgan fingerprint density at radius 1 is 1.19 bits per heavy atom. The van der Waals surface area contributed by atoms with Gasteiger partial charge >= 0.3 is 0 Å². The Hall–Kier alpha value is -1.30. The topological polar surface area (TPSA) is 52.9 Å². The molecule has 0 unspecified atom stereocenters. The molecular weight excluding hydrogens is 200 g/mol. The van der Waals surface area contributed by atoms with Gasteiger partial charge in [-0.3, -0.25) is 4.79 Å². The van der Waals surface area contributed by atoms with E-state index in [1.54, 1.807) is 0 Å². The molecule has 0 atom stereocenters. The molecule has 2 fully saturated rings. The van der Waals surface area contributed by atoms with Crippen LogP contribution in [0.2, 0.25) is 0 Å². The van der Waals surface area contributed by atoms with Crippen molar-refractivity contribution in [2.75, 3.05) is 0 Å². The van der Waals surface area contributed by atoms with Crippen molar-refractivity contribution in [1.82, 2.24) is 5.32 Å². The normalized spacial score (nSPS) is 22.6. The molecule has 2 aliphatic rings. The fourth-order valence-corrected chi connectivity index (χ4v) is 2.17. The highest BCUT2D eigenvalue weighted by molar-refractivity contribution is 5.97. The van der Waals surface area contributed by atoms with E-state index in [1.807, 2.05) is 12.1 Å². The lowest BCUT2D eigenvalue weighted by Crippen LogP contribution is -2.36. The Kier molecular flexibility index (Phi) is 3.61. The van der Waals surface area contributed by atoms with Crippen LogP contribution in [-0.2, 0) is 4.79 Å². The first-order valence-electron chi connectivity index (χ1n) is 6.22. The van der Waals surface area contributed by atoms with Gasteiger partial charge < -0.3 is 5.32 Å². The van der Waals surface area contributed by atoms with E-state index in [4.69, 9.17) is 5.26 Å². The van der Waals surface area contributed by atoms with Gasteiger partial charge in [-0.05, 0) is 31.6 Å². The van der Waals surface area contributed by atoms with Gasteiger partial charge in [-0.15, -0.1) is 0 Å². The maximum atomic E-state index is 11.8. The second-order valence-corrected chi connectivity index (χ2v) is 4.84.